The molecule has 2 aromatic carbocycles. The second-order valence-electron chi connectivity index (χ2n) is 6.07. The highest BCUT2D eigenvalue weighted by Gasteiger charge is 2.26. The van der Waals surface area contributed by atoms with Gasteiger partial charge in [-0.15, -0.1) is 0 Å². The molecule has 0 radical (unpaired) electrons. The van der Waals surface area contributed by atoms with Crippen molar-refractivity contribution in [2.45, 2.75) is 26.4 Å². The average molecular weight is 444 g/mol. The number of carbonyl (C=O) groups is 2. The first-order valence-corrected chi connectivity index (χ1v) is 9.84. The number of carbonyl (C=O) groups excluding carboxylic acids is 2. The number of hydrogen-bond acceptors (Lipinski definition) is 3. The molecule has 0 bridgehead atoms. The quantitative estimate of drug-likeness (QED) is 0.650. The van der Waals surface area contributed by atoms with Gasteiger partial charge in [0.1, 0.15) is 11.8 Å². The standard InChI is InChI=1S/C20H21Cl3N2O3/c1-3-24-20(27)13(2)25(11-14-4-5-16(22)10-18(14)23)19(26)12-28-17-8-6-15(21)7-9-17/h4-10,13H,3,11-12H2,1-2H3,(H,24,27)/t13-/m0/s1. The van der Waals surface area contributed by atoms with Gasteiger partial charge < -0.3 is 15.0 Å². The fourth-order valence-electron chi connectivity index (χ4n) is 2.50. The van der Waals surface area contributed by atoms with Crippen molar-refractivity contribution in [3.63, 3.8) is 0 Å². The molecule has 150 valence electrons. The van der Waals surface area contributed by atoms with Gasteiger partial charge in [0, 0.05) is 28.2 Å². The molecule has 0 saturated carbocycles. The highest BCUT2D eigenvalue weighted by atomic mass is 35.5. The number of rotatable bonds is 8. The number of halogens is 3. The van der Waals surface area contributed by atoms with Crippen LogP contribution in [0.15, 0.2) is 42.5 Å². The molecule has 0 aliphatic rings. The van der Waals surface area contributed by atoms with Gasteiger partial charge >= 0.3 is 0 Å². The number of hydrogen-bond donors (Lipinski definition) is 1. The Bertz CT molecular complexity index is 828. The summed E-state index contributed by atoms with van der Waals surface area (Å²) >= 11 is 18.0. The minimum Gasteiger partial charge on any atom is -0.484 e. The molecular weight excluding hydrogens is 423 g/mol. The third-order valence-corrected chi connectivity index (χ3v) is 4.89. The van der Waals surface area contributed by atoms with Crippen molar-refractivity contribution in [2.75, 3.05) is 13.2 Å². The first-order valence-electron chi connectivity index (χ1n) is 8.71. The Kier molecular flexibility index (Phi) is 8.42. The van der Waals surface area contributed by atoms with E-state index < -0.39 is 6.04 Å². The molecule has 0 heterocycles. The largest absolute Gasteiger partial charge is 0.484 e. The van der Waals surface area contributed by atoms with Crippen LogP contribution in [0.5, 0.6) is 5.75 Å². The van der Waals surface area contributed by atoms with Crippen molar-refractivity contribution < 1.29 is 14.3 Å². The molecule has 0 spiro atoms. The molecule has 2 rings (SSSR count). The molecule has 28 heavy (non-hydrogen) atoms. The van der Waals surface area contributed by atoms with Crippen molar-refractivity contribution in [3.8, 4) is 5.75 Å². The minimum atomic E-state index is -0.701. The minimum absolute atomic E-state index is 0.150. The fourth-order valence-corrected chi connectivity index (χ4v) is 3.09. The van der Waals surface area contributed by atoms with Crippen LogP contribution >= 0.6 is 34.8 Å². The van der Waals surface area contributed by atoms with Crippen LogP contribution in [-0.4, -0.2) is 35.9 Å². The van der Waals surface area contributed by atoms with E-state index in [0.29, 0.717) is 32.9 Å². The summed E-state index contributed by atoms with van der Waals surface area (Å²) in [5.74, 6) is -0.0972. The van der Waals surface area contributed by atoms with Crippen LogP contribution in [0.4, 0.5) is 0 Å². The average Bonchev–Trinajstić information content (AvgIpc) is 2.66. The Labute approximate surface area is 179 Å². The zero-order valence-electron chi connectivity index (χ0n) is 15.5. The molecule has 2 amide bonds. The zero-order chi connectivity index (χ0) is 20.7. The second-order valence-corrected chi connectivity index (χ2v) is 7.35. The van der Waals surface area contributed by atoms with E-state index in [9.17, 15) is 9.59 Å². The molecule has 0 saturated heterocycles. The predicted octanol–water partition coefficient (Wildman–Crippen LogP) is 4.58. The van der Waals surface area contributed by atoms with Crippen LogP contribution in [0.2, 0.25) is 15.1 Å². The number of ether oxygens (including phenoxy) is 1. The summed E-state index contributed by atoms with van der Waals surface area (Å²) < 4.78 is 5.55. The monoisotopic (exact) mass is 442 g/mol. The topological polar surface area (TPSA) is 58.6 Å². The molecule has 0 aliphatic carbocycles. The van der Waals surface area contributed by atoms with Gasteiger partial charge in [0.25, 0.3) is 5.91 Å². The van der Waals surface area contributed by atoms with Gasteiger partial charge in [-0.25, -0.2) is 0 Å². The predicted molar refractivity (Wildman–Crippen MR) is 112 cm³/mol. The Morgan fingerprint density at radius 2 is 1.71 bits per heavy atom. The van der Waals surface area contributed by atoms with Crippen LogP contribution in [0, 0.1) is 0 Å². The zero-order valence-corrected chi connectivity index (χ0v) is 17.8. The number of amides is 2. The summed E-state index contributed by atoms with van der Waals surface area (Å²) in [6.07, 6.45) is 0. The van der Waals surface area contributed by atoms with Gasteiger partial charge in [-0.05, 0) is 55.8 Å². The van der Waals surface area contributed by atoms with Crippen LogP contribution in [-0.2, 0) is 16.1 Å². The first-order chi connectivity index (χ1) is 13.3. The Morgan fingerprint density at radius 1 is 1.07 bits per heavy atom. The maximum atomic E-state index is 12.8. The van der Waals surface area contributed by atoms with E-state index in [4.69, 9.17) is 39.5 Å². The van der Waals surface area contributed by atoms with Crippen LogP contribution < -0.4 is 10.1 Å². The lowest BCUT2D eigenvalue weighted by Crippen LogP contribution is -2.49. The second kappa shape index (κ2) is 10.6. The lowest BCUT2D eigenvalue weighted by atomic mass is 10.1. The Morgan fingerprint density at radius 3 is 2.32 bits per heavy atom. The normalized spacial score (nSPS) is 11.6. The van der Waals surface area contributed by atoms with Crippen LogP contribution in [0.1, 0.15) is 19.4 Å². The molecule has 1 N–H and O–H groups in total. The third-order valence-electron chi connectivity index (χ3n) is 4.05. The van der Waals surface area contributed by atoms with Gasteiger partial charge in [-0.1, -0.05) is 40.9 Å². The molecule has 2 aromatic rings. The SMILES string of the molecule is CCNC(=O)[C@H](C)N(Cc1ccc(Cl)cc1Cl)C(=O)COc1ccc(Cl)cc1. The van der Waals surface area contributed by atoms with Crippen LogP contribution in [0.3, 0.4) is 0 Å². The highest BCUT2D eigenvalue weighted by molar-refractivity contribution is 6.35. The molecular formula is C20H21Cl3N2O3. The van der Waals surface area contributed by atoms with Crippen LogP contribution in [0.25, 0.3) is 0 Å². The Hall–Kier alpha value is -1.95. The van der Waals surface area contributed by atoms with Gasteiger partial charge in [-0.2, -0.15) is 0 Å². The molecule has 5 nitrogen and oxygen atoms in total. The van der Waals surface area contributed by atoms with E-state index in [1.54, 1.807) is 49.4 Å². The van der Waals surface area contributed by atoms with E-state index in [-0.39, 0.29) is 25.0 Å². The molecule has 8 heteroatoms. The lowest BCUT2D eigenvalue weighted by molar-refractivity contribution is -0.142. The van der Waals surface area contributed by atoms with Crippen molar-refractivity contribution in [2.24, 2.45) is 0 Å². The first kappa shape index (κ1) is 22.3. The third kappa shape index (κ3) is 6.30. The summed E-state index contributed by atoms with van der Waals surface area (Å²) in [5, 5.41) is 4.22. The van der Waals surface area contributed by atoms with Gasteiger partial charge in [0.15, 0.2) is 6.61 Å². The summed E-state index contributed by atoms with van der Waals surface area (Å²) in [6.45, 7) is 3.87. The van der Waals surface area contributed by atoms with Gasteiger partial charge in [-0.3, -0.25) is 9.59 Å². The van der Waals surface area contributed by atoms with Crippen molar-refractivity contribution in [3.05, 3.63) is 63.1 Å². The smallest absolute Gasteiger partial charge is 0.261 e. The molecule has 0 aromatic heterocycles. The highest BCUT2D eigenvalue weighted by Crippen LogP contribution is 2.23. The maximum absolute atomic E-state index is 12.8. The van der Waals surface area contributed by atoms with Crippen molar-refractivity contribution in [1.82, 2.24) is 10.2 Å². The number of nitrogens with zero attached hydrogens (tertiary/aromatic N) is 1. The molecule has 0 fully saturated rings. The number of nitrogens with one attached hydrogen (secondary N) is 1. The summed E-state index contributed by atoms with van der Waals surface area (Å²) in [4.78, 5) is 26.6. The van der Waals surface area contributed by atoms with E-state index in [1.807, 2.05) is 6.92 Å². The van der Waals surface area contributed by atoms with Crippen molar-refractivity contribution >= 4 is 46.6 Å². The molecule has 1 atom stereocenters. The van der Waals surface area contributed by atoms with E-state index in [1.165, 1.54) is 4.90 Å². The fraction of sp³-hybridized carbons (Fsp3) is 0.300. The van der Waals surface area contributed by atoms with E-state index in [0.717, 1.165) is 0 Å². The molecule has 0 unspecified atom stereocenters. The lowest BCUT2D eigenvalue weighted by Gasteiger charge is -2.29. The summed E-state index contributed by atoms with van der Waals surface area (Å²) in [7, 11) is 0. The number of likely N-dealkylation sites (N-methyl/N-ethyl adjacent to an activating group) is 1. The van der Waals surface area contributed by atoms with E-state index in [2.05, 4.69) is 5.32 Å². The Balaban J connectivity index is 2.17. The number of benzene rings is 2. The molecule has 0 aliphatic heterocycles. The van der Waals surface area contributed by atoms with Crippen molar-refractivity contribution in [1.29, 1.82) is 0 Å². The maximum Gasteiger partial charge on any atom is 0.261 e. The van der Waals surface area contributed by atoms with Gasteiger partial charge in [0.05, 0.1) is 0 Å². The summed E-state index contributed by atoms with van der Waals surface area (Å²) in [5.41, 5.74) is 0.682. The van der Waals surface area contributed by atoms with Gasteiger partial charge in [0.2, 0.25) is 5.91 Å². The van der Waals surface area contributed by atoms with E-state index >= 15 is 0 Å². The summed E-state index contributed by atoms with van der Waals surface area (Å²) in [6, 6.07) is 11.0.